The van der Waals surface area contributed by atoms with Gasteiger partial charge in [-0.1, -0.05) is 12.1 Å². The summed E-state index contributed by atoms with van der Waals surface area (Å²) in [5.74, 6) is -0.967. The number of alkyl halides is 1. The molecule has 2 nitrogen and oxygen atoms in total. The van der Waals surface area contributed by atoms with Gasteiger partial charge >= 0.3 is 0 Å². The highest BCUT2D eigenvalue weighted by Gasteiger charge is 2.17. The second-order valence-corrected chi connectivity index (χ2v) is 3.56. The number of benzene rings is 1. The molecule has 0 amide bonds. The molecule has 0 heterocycles. The number of hydrogen-bond acceptors (Lipinski definition) is 2. The van der Waals surface area contributed by atoms with Crippen LogP contribution in [0.15, 0.2) is 18.2 Å². The van der Waals surface area contributed by atoms with Crippen LogP contribution < -0.4 is 0 Å². The van der Waals surface area contributed by atoms with Crippen LogP contribution in [-0.4, -0.2) is 16.3 Å². The van der Waals surface area contributed by atoms with Gasteiger partial charge in [0.15, 0.2) is 5.78 Å². The van der Waals surface area contributed by atoms with Crippen molar-refractivity contribution in [3.05, 3.63) is 35.1 Å². The maximum Gasteiger partial charge on any atom is 0.180 e. The lowest BCUT2D eigenvalue weighted by Crippen LogP contribution is -2.14. The molecule has 0 aliphatic carbocycles. The molecule has 0 aromatic heterocycles. The molecule has 0 aliphatic heterocycles. The van der Waals surface area contributed by atoms with Gasteiger partial charge in [0.2, 0.25) is 0 Å². The van der Waals surface area contributed by atoms with E-state index in [1.807, 2.05) is 0 Å². The first-order valence-electron chi connectivity index (χ1n) is 4.14. The normalized spacial score (nSPS) is 12.6. The van der Waals surface area contributed by atoms with E-state index in [0.717, 1.165) is 0 Å². The molecular formula is C10H10ClFO2. The Bertz CT molecular complexity index is 350. The van der Waals surface area contributed by atoms with Crippen LogP contribution >= 0.6 is 11.6 Å². The molecule has 0 saturated heterocycles. The third-order valence-electron chi connectivity index (χ3n) is 1.90. The molecule has 0 radical (unpaired) electrons. The van der Waals surface area contributed by atoms with E-state index in [-0.39, 0.29) is 16.9 Å². The zero-order chi connectivity index (χ0) is 10.7. The zero-order valence-corrected chi connectivity index (χ0v) is 8.38. The van der Waals surface area contributed by atoms with Crippen LogP contribution in [0, 0.1) is 5.82 Å². The van der Waals surface area contributed by atoms with Crippen LogP contribution in [0.5, 0.6) is 0 Å². The number of aliphatic hydroxyl groups is 1. The highest BCUT2D eigenvalue weighted by Crippen LogP contribution is 2.17. The fourth-order valence-corrected chi connectivity index (χ4v) is 1.28. The molecular weight excluding hydrogens is 207 g/mol. The Labute approximate surface area is 86.3 Å². The van der Waals surface area contributed by atoms with Gasteiger partial charge < -0.3 is 5.11 Å². The fraction of sp³-hybridized carbons (Fsp3) is 0.300. The Kier molecular flexibility index (Phi) is 3.61. The van der Waals surface area contributed by atoms with Gasteiger partial charge in [-0.2, -0.15) is 0 Å². The molecule has 1 rings (SSSR count). The molecule has 14 heavy (non-hydrogen) atoms. The fourth-order valence-electron chi connectivity index (χ4n) is 1.16. The van der Waals surface area contributed by atoms with E-state index in [2.05, 4.69) is 0 Å². The first kappa shape index (κ1) is 11.1. The summed E-state index contributed by atoms with van der Waals surface area (Å²) >= 11 is 5.59. The van der Waals surface area contributed by atoms with Crippen LogP contribution in [0.2, 0.25) is 0 Å². The van der Waals surface area contributed by atoms with Crippen LogP contribution in [-0.2, 0) is 6.61 Å². The molecule has 4 heteroatoms. The van der Waals surface area contributed by atoms with Crippen molar-refractivity contribution in [1.82, 2.24) is 0 Å². The number of Topliss-reactive ketones (excluding diaryl/α,β-unsaturated/α-hetero) is 1. The highest BCUT2D eigenvalue weighted by molar-refractivity contribution is 6.33. The van der Waals surface area contributed by atoms with Crippen molar-refractivity contribution < 1.29 is 14.3 Å². The van der Waals surface area contributed by atoms with Crippen LogP contribution in [0.3, 0.4) is 0 Å². The number of hydrogen-bond donors (Lipinski definition) is 1. The highest BCUT2D eigenvalue weighted by atomic mass is 35.5. The van der Waals surface area contributed by atoms with Crippen molar-refractivity contribution in [3.8, 4) is 0 Å². The summed E-state index contributed by atoms with van der Waals surface area (Å²) < 4.78 is 13.1. The Balaban J connectivity index is 3.20. The number of carbonyl (C=O) groups excluding carboxylic acids is 1. The van der Waals surface area contributed by atoms with E-state index in [9.17, 15) is 9.18 Å². The topological polar surface area (TPSA) is 37.3 Å². The largest absolute Gasteiger partial charge is 0.392 e. The van der Waals surface area contributed by atoms with Crippen molar-refractivity contribution >= 4 is 17.4 Å². The molecule has 1 unspecified atom stereocenters. The summed E-state index contributed by atoms with van der Waals surface area (Å²) in [5, 5.41) is 8.17. The quantitative estimate of drug-likeness (QED) is 0.621. The van der Waals surface area contributed by atoms with Crippen molar-refractivity contribution in [2.75, 3.05) is 0 Å². The number of aliphatic hydroxyl groups excluding tert-OH is 1. The molecule has 0 spiro atoms. The van der Waals surface area contributed by atoms with Crippen molar-refractivity contribution in [2.45, 2.75) is 18.9 Å². The molecule has 1 N–H and O–H groups in total. The molecule has 0 bridgehead atoms. The van der Waals surface area contributed by atoms with Crippen LogP contribution in [0.1, 0.15) is 22.8 Å². The van der Waals surface area contributed by atoms with Gasteiger partial charge in [-0.05, 0) is 13.0 Å². The molecule has 1 atom stereocenters. The summed E-state index contributed by atoms with van der Waals surface area (Å²) in [7, 11) is 0. The van der Waals surface area contributed by atoms with Gasteiger partial charge in [-0.3, -0.25) is 4.79 Å². The molecule has 1 aromatic carbocycles. The van der Waals surface area contributed by atoms with E-state index in [4.69, 9.17) is 16.7 Å². The van der Waals surface area contributed by atoms with Gasteiger partial charge in [0.05, 0.1) is 12.0 Å². The second kappa shape index (κ2) is 4.53. The van der Waals surface area contributed by atoms with Gasteiger partial charge in [0.25, 0.3) is 0 Å². The third-order valence-corrected chi connectivity index (χ3v) is 2.10. The third kappa shape index (κ3) is 2.11. The summed E-state index contributed by atoms with van der Waals surface area (Å²) in [6.45, 7) is 1.01. The minimum absolute atomic E-state index is 0.00463. The monoisotopic (exact) mass is 216 g/mol. The van der Waals surface area contributed by atoms with Gasteiger partial charge in [-0.25, -0.2) is 4.39 Å². The molecule has 1 aromatic rings. The van der Waals surface area contributed by atoms with E-state index in [0.29, 0.717) is 0 Å². The van der Waals surface area contributed by atoms with Crippen molar-refractivity contribution in [2.24, 2.45) is 0 Å². The van der Waals surface area contributed by atoms with Gasteiger partial charge in [0, 0.05) is 11.1 Å². The lowest BCUT2D eigenvalue weighted by atomic mass is 10.0. The second-order valence-electron chi connectivity index (χ2n) is 2.90. The first-order chi connectivity index (χ1) is 6.57. The predicted octanol–water partition coefficient (Wildman–Crippen LogP) is 2.13. The van der Waals surface area contributed by atoms with Gasteiger partial charge in [0.1, 0.15) is 5.82 Å². The van der Waals surface area contributed by atoms with E-state index in [1.54, 1.807) is 0 Å². The molecule has 0 saturated carbocycles. The predicted molar refractivity (Wildman–Crippen MR) is 52.0 cm³/mol. The van der Waals surface area contributed by atoms with Crippen molar-refractivity contribution in [3.63, 3.8) is 0 Å². The smallest absolute Gasteiger partial charge is 0.180 e. The lowest BCUT2D eigenvalue weighted by molar-refractivity contribution is 0.0988. The van der Waals surface area contributed by atoms with Gasteiger partial charge in [-0.15, -0.1) is 11.6 Å². The Morgan fingerprint density at radius 3 is 2.79 bits per heavy atom. The SMILES string of the molecule is CC(Cl)C(=O)c1cccc(F)c1CO. The summed E-state index contributed by atoms with van der Waals surface area (Å²) in [6.07, 6.45) is 0. The van der Waals surface area contributed by atoms with Crippen LogP contribution in [0.4, 0.5) is 4.39 Å². The number of halogens is 2. The number of carbonyl (C=O) groups is 1. The Hall–Kier alpha value is -0.930. The maximum atomic E-state index is 13.1. The van der Waals surface area contributed by atoms with E-state index >= 15 is 0 Å². The Morgan fingerprint density at radius 2 is 2.29 bits per heavy atom. The molecule has 0 fully saturated rings. The van der Waals surface area contributed by atoms with Crippen molar-refractivity contribution in [1.29, 1.82) is 0 Å². The number of ketones is 1. The standard InChI is InChI=1S/C10H10ClFO2/c1-6(11)10(14)7-3-2-4-9(12)8(7)5-13/h2-4,6,13H,5H2,1H3. The van der Waals surface area contributed by atoms with E-state index < -0.39 is 17.8 Å². The average Bonchev–Trinajstić information content (AvgIpc) is 2.16. The average molecular weight is 217 g/mol. The first-order valence-corrected chi connectivity index (χ1v) is 4.58. The summed E-state index contributed by atoms with van der Waals surface area (Å²) in [4.78, 5) is 11.5. The molecule has 76 valence electrons. The van der Waals surface area contributed by atoms with Crippen LogP contribution in [0.25, 0.3) is 0 Å². The Morgan fingerprint density at radius 1 is 1.64 bits per heavy atom. The zero-order valence-electron chi connectivity index (χ0n) is 7.63. The number of rotatable bonds is 3. The van der Waals surface area contributed by atoms with E-state index in [1.165, 1.54) is 25.1 Å². The minimum Gasteiger partial charge on any atom is -0.392 e. The summed E-state index contributed by atoms with van der Waals surface area (Å²) in [6, 6.07) is 4.07. The minimum atomic E-state index is -0.720. The lowest BCUT2D eigenvalue weighted by Gasteiger charge is -2.08. The molecule has 0 aliphatic rings. The maximum absolute atomic E-state index is 13.1. The summed E-state index contributed by atoms with van der Waals surface area (Å²) in [5.41, 5.74) is 0.153.